The number of carboxylic acids is 1. The number of unbranched alkanes of at least 4 members (excludes halogenated alkanes) is 1. The van der Waals surface area contributed by atoms with Gasteiger partial charge in [-0.05, 0) is 21.9 Å². The zero-order chi connectivity index (χ0) is 32.8. The summed E-state index contributed by atoms with van der Waals surface area (Å²) < 4.78 is 20.0. The molecule has 44 heavy (non-hydrogen) atoms. The second kappa shape index (κ2) is 22.2. The van der Waals surface area contributed by atoms with Crippen LogP contribution < -0.4 is 10.6 Å². The van der Waals surface area contributed by atoms with Gasteiger partial charge in [-0.2, -0.15) is 0 Å². The van der Waals surface area contributed by atoms with E-state index in [0.29, 0.717) is 25.4 Å². The minimum Gasteiger partial charge on any atom is -0.480 e. The summed E-state index contributed by atoms with van der Waals surface area (Å²) in [6, 6.07) is 24.1. The number of amides is 2. The minimum absolute atomic E-state index is 0.0368. The van der Waals surface area contributed by atoms with Crippen molar-refractivity contribution in [2.75, 3.05) is 43.9 Å². The molecule has 2 amide bonds. The molecule has 0 aliphatic rings. The summed E-state index contributed by atoms with van der Waals surface area (Å²) >= 11 is 1.55. The Morgan fingerprint density at radius 1 is 0.841 bits per heavy atom. The van der Waals surface area contributed by atoms with Crippen LogP contribution in [0.3, 0.4) is 0 Å². The van der Waals surface area contributed by atoms with Crippen LogP contribution in [-0.2, 0) is 36.5 Å². The number of benzene rings is 3. The van der Waals surface area contributed by atoms with E-state index >= 15 is 0 Å². The molecule has 0 unspecified atom stereocenters. The van der Waals surface area contributed by atoms with Gasteiger partial charge in [-0.3, -0.25) is 19.3 Å². The van der Waals surface area contributed by atoms with Gasteiger partial charge in [0.15, 0.2) is 0 Å². The van der Waals surface area contributed by atoms with E-state index in [9.17, 15) is 22.8 Å². The van der Waals surface area contributed by atoms with E-state index in [1.54, 1.807) is 18.7 Å². The summed E-state index contributed by atoms with van der Waals surface area (Å²) in [7, 11) is -2.66. The van der Waals surface area contributed by atoms with E-state index in [4.69, 9.17) is 5.11 Å². The Bertz CT molecular complexity index is 1380. The average Bonchev–Trinajstić information content (AvgIpc) is 3.01. The van der Waals surface area contributed by atoms with Crippen LogP contribution in [0.25, 0.3) is 10.8 Å². The van der Waals surface area contributed by atoms with E-state index in [0.717, 1.165) is 22.1 Å². The number of carboxylic acid groups (broad SMARTS) is 1. The van der Waals surface area contributed by atoms with Crippen molar-refractivity contribution in [2.45, 2.75) is 45.9 Å². The van der Waals surface area contributed by atoms with Crippen molar-refractivity contribution < 1.29 is 27.9 Å². The maximum Gasteiger partial charge on any atom is 0.322 e. The number of thioether (sulfide) groups is 1. The molecule has 3 rings (SSSR count). The van der Waals surface area contributed by atoms with Gasteiger partial charge in [0.2, 0.25) is 11.8 Å². The number of hydrogen-bond donors (Lipinski definition) is 3. The van der Waals surface area contributed by atoms with Crippen LogP contribution in [0.15, 0.2) is 72.8 Å². The van der Waals surface area contributed by atoms with Crippen molar-refractivity contribution >= 4 is 50.2 Å². The Kier molecular flexibility index (Phi) is 19.4. The molecule has 0 atom stereocenters. The molecule has 0 radical (unpaired) electrons. The van der Waals surface area contributed by atoms with Crippen LogP contribution in [0.4, 0.5) is 0 Å². The van der Waals surface area contributed by atoms with E-state index in [1.807, 2.05) is 77.7 Å². The van der Waals surface area contributed by atoms with E-state index in [1.165, 1.54) is 24.7 Å². The number of sulfone groups is 1. The van der Waals surface area contributed by atoms with Crippen molar-refractivity contribution in [3.63, 3.8) is 0 Å². The number of nitrogens with zero attached hydrogens (tertiary/aromatic N) is 1. The molecular formula is C33H47N3O6S2. The monoisotopic (exact) mass is 645 g/mol. The molecule has 0 bridgehead atoms. The molecule has 0 aliphatic carbocycles. The molecule has 3 aromatic carbocycles. The fraction of sp³-hybridized carbons (Fsp3) is 0.424. The summed E-state index contributed by atoms with van der Waals surface area (Å²) in [6.45, 7) is 6.95. The predicted molar refractivity (Wildman–Crippen MR) is 181 cm³/mol. The van der Waals surface area contributed by atoms with Gasteiger partial charge in [0.1, 0.15) is 16.4 Å². The lowest BCUT2D eigenvalue weighted by atomic mass is 10.0. The van der Waals surface area contributed by atoms with Gasteiger partial charge in [-0.25, -0.2) is 8.42 Å². The molecule has 0 aliphatic heterocycles. The molecular weight excluding hydrogens is 599 g/mol. The smallest absolute Gasteiger partial charge is 0.322 e. The molecule has 0 spiro atoms. The first kappa shape index (κ1) is 38.6. The Balaban J connectivity index is 0.000000837. The Morgan fingerprint density at radius 3 is 2.07 bits per heavy atom. The van der Waals surface area contributed by atoms with Gasteiger partial charge in [0.25, 0.3) is 0 Å². The maximum atomic E-state index is 12.3. The molecule has 3 aromatic rings. The fourth-order valence-corrected chi connectivity index (χ4v) is 4.38. The second-order valence-electron chi connectivity index (χ2n) is 10.1. The lowest BCUT2D eigenvalue weighted by molar-refractivity contribution is -0.138. The standard InChI is InChI=1S/C26H29N3O4S.C4H10.C3H8O2S/c30-24(28-15-26(32)33)17-29(16-22-11-6-10-21-9-4-5-12-23(21)22)14-13-27-25(31)19-34-18-20-7-2-1-3-8-20;1-3-4-2;1-3-6(2,4)5/h1-12H,13-19H2,(H,27,31)(H,28,30)(H,32,33);3-4H2,1-2H3;3H2,1-2H3. The third-order valence-electron chi connectivity index (χ3n) is 6.20. The molecule has 0 saturated heterocycles. The first-order chi connectivity index (χ1) is 21.0. The van der Waals surface area contributed by atoms with Crippen LogP contribution in [-0.4, -0.2) is 80.1 Å². The summed E-state index contributed by atoms with van der Waals surface area (Å²) in [4.78, 5) is 37.2. The highest BCUT2D eigenvalue weighted by Crippen LogP contribution is 2.20. The van der Waals surface area contributed by atoms with Crippen molar-refractivity contribution in [1.82, 2.24) is 15.5 Å². The molecule has 0 aromatic heterocycles. The predicted octanol–water partition coefficient (Wildman–Crippen LogP) is 4.75. The van der Waals surface area contributed by atoms with Gasteiger partial charge in [0.05, 0.1) is 12.3 Å². The highest BCUT2D eigenvalue weighted by molar-refractivity contribution is 7.99. The number of carbonyl (C=O) groups is 3. The van der Waals surface area contributed by atoms with E-state index in [2.05, 4.69) is 24.5 Å². The number of hydrogen-bond acceptors (Lipinski definition) is 7. The lowest BCUT2D eigenvalue weighted by Crippen LogP contribution is -2.42. The van der Waals surface area contributed by atoms with Gasteiger partial charge in [-0.15, -0.1) is 11.8 Å². The first-order valence-electron chi connectivity index (χ1n) is 14.7. The van der Waals surface area contributed by atoms with Crippen LogP contribution in [0.5, 0.6) is 0 Å². The number of fused-ring (bicyclic) bond motifs is 1. The number of carbonyl (C=O) groups excluding carboxylic acids is 2. The van der Waals surface area contributed by atoms with Crippen molar-refractivity contribution in [1.29, 1.82) is 0 Å². The largest absolute Gasteiger partial charge is 0.480 e. The fourth-order valence-electron chi connectivity index (χ4n) is 3.56. The van der Waals surface area contributed by atoms with Gasteiger partial charge in [0, 0.05) is 37.4 Å². The molecule has 11 heteroatoms. The minimum atomic E-state index is -2.66. The third kappa shape index (κ3) is 18.3. The highest BCUT2D eigenvalue weighted by Gasteiger charge is 2.14. The van der Waals surface area contributed by atoms with Crippen LogP contribution >= 0.6 is 11.8 Å². The second-order valence-corrected chi connectivity index (χ2v) is 13.5. The Labute approximate surface area is 266 Å². The Hall–Kier alpha value is -3.41. The molecule has 0 heterocycles. The molecule has 242 valence electrons. The summed E-state index contributed by atoms with van der Waals surface area (Å²) in [5.41, 5.74) is 2.24. The molecule has 0 saturated carbocycles. The summed E-state index contributed by atoms with van der Waals surface area (Å²) in [6.07, 6.45) is 3.85. The third-order valence-corrected chi connectivity index (χ3v) is 8.25. The van der Waals surface area contributed by atoms with E-state index < -0.39 is 22.4 Å². The number of nitrogens with one attached hydrogen (secondary N) is 2. The van der Waals surface area contributed by atoms with E-state index in [-0.39, 0.29) is 24.1 Å². The van der Waals surface area contributed by atoms with Crippen molar-refractivity contribution in [3.05, 3.63) is 83.9 Å². The van der Waals surface area contributed by atoms with Gasteiger partial charge < -0.3 is 15.7 Å². The average molecular weight is 646 g/mol. The quantitative estimate of drug-likeness (QED) is 0.216. The zero-order valence-electron chi connectivity index (χ0n) is 26.3. The van der Waals surface area contributed by atoms with Crippen LogP contribution in [0.2, 0.25) is 0 Å². The number of aliphatic carboxylic acids is 1. The molecule has 9 nitrogen and oxygen atoms in total. The van der Waals surface area contributed by atoms with Crippen molar-refractivity contribution in [2.24, 2.45) is 0 Å². The highest BCUT2D eigenvalue weighted by atomic mass is 32.2. The van der Waals surface area contributed by atoms with Crippen LogP contribution in [0, 0.1) is 0 Å². The summed E-state index contributed by atoms with van der Waals surface area (Å²) in [5.74, 6) is -0.141. The van der Waals surface area contributed by atoms with Gasteiger partial charge in [-0.1, -0.05) is 106 Å². The molecule has 0 fully saturated rings. The molecule has 3 N–H and O–H groups in total. The van der Waals surface area contributed by atoms with Gasteiger partial charge >= 0.3 is 5.97 Å². The SMILES string of the molecule is CCCC.CCS(C)(=O)=O.O=C(O)CNC(=O)CN(CCNC(=O)CSCc1ccccc1)Cc1cccc2ccccc12. The lowest BCUT2D eigenvalue weighted by Gasteiger charge is -2.23. The first-order valence-corrected chi connectivity index (χ1v) is 17.9. The van der Waals surface area contributed by atoms with Crippen molar-refractivity contribution in [3.8, 4) is 0 Å². The summed E-state index contributed by atoms with van der Waals surface area (Å²) in [5, 5.41) is 16.4. The maximum absolute atomic E-state index is 12.3. The normalized spacial score (nSPS) is 10.7. The van der Waals surface area contributed by atoms with Crippen LogP contribution in [0.1, 0.15) is 44.7 Å². The number of rotatable bonds is 15. The Morgan fingerprint density at radius 2 is 1.45 bits per heavy atom. The topological polar surface area (TPSA) is 133 Å². The zero-order valence-corrected chi connectivity index (χ0v) is 27.9.